The number of carbonyl (C=O) groups excluding carboxylic acids is 1. The molecule has 3 heteroatoms. The molecule has 0 aliphatic heterocycles. The molecule has 1 N–H and O–H groups in total. The second-order valence-corrected chi connectivity index (χ2v) is 3.53. The molecule has 0 saturated heterocycles. The van der Waals surface area contributed by atoms with E-state index >= 15 is 0 Å². The number of likely N-dealkylation sites (N-methyl/N-ethyl adjacent to an activating group) is 1. The van der Waals surface area contributed by atoms with Crippen molar-refractivity contribution in [3.05, 3.63) is 0 Å². The first-order chi connectivity index (χ1) is 6.11. The Labute approximate surface area is 80.8 Å². The number of esters is 1. The maximum absolute atomic E-state index is 11.2. The third-order valence-corrected chi connectivity index (χ3v) is 2.08. The summed E-state index contributed by atoms with van der Waals surface area (Å²) in [5.41, 5.74) is 0. The normalized spacial score (nSPS) is 15.1. The van der Waals surface area contributed by atoms with Crippen LogP contribution >= 0.6 is 0 Å². The molecule has 13 heavy (non-hydrogen) atoms. The molecule has 0 radical (unpaired) electrons. The van der Waals surface area contributed by atoms with Gasteiger partial charge in [-0.2, -0.15) is 0 Å². The second-order valence-electron chi connectivity index (χ2n) is 3.53. The van der Waals surface area contributed by atoms with Gasteiger partial charge in [-0.3, -0.25) is 4.79 Å². The van der Waals surface area contributed by atoms with Crippen molar-refractivity contribution in [1.29, 1.82) is 0 Å². The van der Waals surface area contributed by atoms with Crippen LogP contribution in [0.1, 0.15) is 33.6 Å². The minimum Gasteiger partial charge on any atom is -0.464 e. The zero-order valence-electron chi connectivity index (χ0n) is 9.09. The van der Waals surface area contributed by atoms with E-state index in [2.05, 4.69) is 19.2 Å². The summed E-state index contributed by atoms with van der Waals surface area (Å²) in [7, 11) is 1.75. The van der Waals surface area contributed by atoms with Crippen molar-refractivity contribution in [3.63, 3.8) is 0 Å². The predicted octanol–water partition coefficient (Wildman–Crippen LogP) is 1.57. The van der Waals surface area contributed by atoms with Crippen molar-refractivity contribution in [1.82, 2.24) is 5.32 Å². The van der Waals surface area contributed by atoms with E-state index in [-0.39, 0.29) is 12.0 Å². The smallest absolute Gasteiger partial charge is 0.322 e. The highest BCUT2D eigenvalue weighted by Gasteiger charge is 2.12. The minimum atomic E-state index is -0.200. The summed E-state index contributed by atoms with van der Waals surface area (Å²) in [6.45, 7) is 6.57. The van der Waals surface area contributed by atoms with E-state index in [1.54, 1.807) is 14.0 Å². The summed E-state index contributed by atoms with van der Waals surface area (Å²) >= 11 is 0. The van der Waals surface area contributed by atoms with Gasteiger partial charge in [-0.1, -0.05) is 20.3 Å². The number of ether oxygens (including phenoxy) is 1. The summed E-state index contributed by atoms with van der Waals surface area (Å²) in [6, 6.07) is -0.200. The Balaban J connectivity index is 3.57. The van der Waals surface area contributed by atoms with Crippen LogP contribution in [0.2, 0.25) is 0 Å². The first-order valence-electron chi connectivity index (χ1n) is 4.95. The van der Waals surface area contributed by atoms with Crippen LogP contribution in [-0.4, -0.2) is 25.7 Å². The molecule has 2 atom stereocenters. The number of rotatable bonds is 6. The SMILES string of the molecule is CCCC(C)COC(=O)C(C)NC. The highest BCUT2D eigenvalue weighted by Crippen LogP contribution is 2.05. The lowest BCUT2D eigenvalue weighted by atomic mass is 10.1. The zero-order valence-corrected chi connectivity index (χ0v) is 9.09. The maximum atomic E-state index is 11.2. The number of nitrogens with one attached hydrogen (secondary N) is 1. The topological polar surface area (TPSA) is 38.3 Å². The van der Waals surface area contributed by atoms with Crippen LogP contribution in [0.4, 0.5) is 0 Å². The van der Waals surface area contributed by atoms with Gasteiger partial charge in [0.2, 0.25) is 0 Å². The summed E-state index contributed by atoms with van der Waals surface area (Å²) in [4.78, 5) is 11.2. The molecule has 0 aliphatic rings. The monoisotopic (exact) mass is 187 g/mol. The lowest BCUT2D eigenvalue weighted by Gasteiger charge is -2.13. The Morgan fingerprint density at radius 3 is 2.54 bits per heavy atom. The first-order valence-corrected chi connectivity index (χ1v) is 4.95. The molecule has 0 spiro atoms. The summed E-state index contributed by atoms with van der Waals surface area (Å²) in [6.07, 6.45) is 2.25. The van der Waals surface area contributed by atoms with Crippen LogP contribution in [0.3, 0.4) is 0 Å². The van der Waals surface area contributed by atoms with Crippen LogP contribution in [0.25, 0.3) is 0 Å². The van der Waals surface area contributed by atoms with Crippen molar-refractivity contribution in [2.75, 3.05) is 13.7 Å². The van der Waals surface area contributed by atoms with Crippen molar-refractivity contribution >= 4 is 5.97 Å². The van der Waals surface area contributed by atoms with Crippen LogP contribution in [0.15, 0.2) is 0 Å². The van der Waals surface area contributed by atoms with E-state index in [1.165, 1.54) is 0 Å². The van der Waals surface area contributed by atoms with Gasteiger partial charge in [-0.15, -0.1) is 0 Å². The van der Waals surface area contributed by atoms with Gasteiger partial charge in [0.05, 0.1) is 6.61 Å². The van der Waals surface area contributed by atoms with Crippen LogP contribution in [0.5, 0.6) is 0 Å². The number of carbonyl (C=O) groups is 1. The molecule has 0 amide bonds. The van der Waals surface area contributed by atoms with Gasteiger partial charge < -0.3 is 10.1 Å². The molecule has 0 rings (SSSR count). The lowest BCUT2D eigenvalue weighted by Crippen LogP contribution is -2.33. The van der Waals surface area contributed by atoms with E-state index in [0.717, 1.165) is 12.8 Å². The summed E-state index contributed by atoms with van der Waals surface area (Å²) in [5.74, 6) is 0.309. The Bertz CT molecular complexity index is 148. The van der Waals surface area contributed by atoms with Crippen LogP contribution in [-0.2, 0) is 9.53 Å². The Hall–Kier alpha value is -0.570. The second kappa shape index (κ2) is 6.89. The fraction of sp³-hybridized carbons (Fsp3) is 0.900. The predicted molar refractivity (Wildman–Crippen MR) is 53.6 cm³/mol. The van der Waals surface area contributed by atoms with Crippen molar-refractivity contribution in [2.45, 2.75) is 39.7 Å². The lowest BCUT2D eigenvalue weighted by molar-refractivity contribution is -0.146. The molecular weight excluding hydrogens is 166 g/mol. The van der Waals surface area contributed by atoms with E-state index in [1.807, 2.05) is 0 Å². The third-order valence-electron chi connectivity index (χ3n) is 2.08. The van der Waals surface area contributed by atoms with E-state index in [9.17, 15) is 4.79 Å². The maximum Gasteiger partial charge on any atom is 0.322 e. The van der Waals surface area contributed by atoms with E-state index in [4.69, 9.17) is 4.74 Å². The van der Waals surface area contributed by atoms with Crippen molar-refractivity contribution in [3.8, 4) is 0 Å². The number of hydrogen-bond acceptors (Lipinski definition) is 3. The largest absolute Gasteiger partial charge is 0.464 e. The molecule has 0 aromatic rings. The molecule has 0 fully saturated rings. The highest BCUT2D eigenvalue weighted by atomic mass is 16.5. The van der Waals surface area contributed by atoms with Gasteiger partial charge >= 0.3 is 5.97 Å². The zero-order chi connectivity index (χ0) is 10.3. The van der Waals surface area contributed by atoms with E-state index in [0.29, 0.717) is 12.5 Å². The molecule has 0 aromatic heterocycles. The van der Waals surface area contributed by atoms with Gasteiger partial charge in [-0.05, 0) is 26.3 Å². The molecule has 3 nitrogen and oxygen atoms in total. The fourth-order valence-corrected chi connectivity index (χ4v) is 1.04. The van der Waals surface area contributed by atoms with Gasteiger partial charge in [0.15, 0.2) is 0 Å². The van der Waals surface area contributed by atoms with Crippen molar-refractivity contribution < 1.29 is 9.53 Å². The van der Waals surface area contributed by atoms with Gasteiger partial charge in [0.1, 0.15) is 6.04 Å². The molecule has 78 valence electrons. The van der Waals surface area contributed by atoms with Crippen LogP contribution in [0, 0.1) is 5.92 Å². The van der Waals surface area contributed by atoms with Gasteiger partial charge in [0.25, 0.3) is 0 Å². The molecule has 0 aliphatic carbocycles. The molecule has 0 aromatic carbocycles. The third kappa shape index (κ3) is 5.64. The molecule has 0 bridgehead atoms. The standard InChI is InChI=1S/C10H21NO2/c1-5-6-8(2)7-13-10(12)9(3)11-4/h8-9,11H,5-7H2,1-4H3. The van der Waals surface area contributed by atoms with Gasteiger partial charge in [-0.25, -0.2) is 0 Å². The molecule has 0 saturated carbocycles. The average Bonchev–Trinajstić information content (AvgIpc) is 2.13. The van der Waals surface area contributed by atoms with Crippen LogP contribution < -0.4 is 5.32 Å². The Kier molecular flexibility index (Phi) is 6.59. The molecular formula is C10H21NO2. The Morgan fingerprint density at radius 2 is 2.08 bits per heavy atom. The minimum absolute atomic E-state index is 0.162. The molecule has 0 heterocycles. The van der Waals surface area contributed by atoms with Gasteiger partial charge in [0, 0.05) is 0 Å². The van der Waals surface area contributed by atoms with E-state index < -0.39 is 0 Å². The van der Waals surface area contributed by atoms with Crippen molar-refractivity contribution in [2.24, 2.45) is 5.92 Å². The first kappa shape index (κ1) is 12.4. The fourth-order valence-electron chi connectivity index (χ4n) is 1.04. The summed E-state index contributed by atoms with van der Waals surface area (Å²) in [5, 5.41) is 2.85. The highest BCUT2D eigenvalue weighted by molar-refractivity contribution is 5.75. The Morgan fingerprint density at radius 1 is 1.46 bits per heavy atom. The number of hydrogen-bond donors (Lipinski definition) is 1. The average molecular weight is 187 g/mol. The quantitative estimate of drug-likeness (QED) is 0.641. The molecule has 2 unspecified atom stereocenters. The summed E-state index contributed by atoms with van der Waals surface area (Å²) < 4.78 is 5.11.